The summed E-state index contributed by atoms with van der Waals surface area (Å²) < 4.78 is 12.8. The maximum atomic E-state index is 12.8. The second kappa shape index (κ2) is 5.02. The molecule has 0 bridgehead atoms. The Bertz CT molecular complexity index is 288. The number of hydrogen-bond donors (Lipinski definition) is 1. The van der Waals surface area contributed by atoms with Crippen LogP contribution in [0.2, 0.25) is 0 Å². The Morgan fingerprint density at radius 1 is 1.50 bits per heavy atom. The Balaban J connectivity index is 2.56. The van der Waals surface area contributed by atoms with E-state index in [9.17, 15) is 4.39 Å². The number of halogens is 1. The van der Waals surface area contributed by atoms with Crippen LogP contribution >= 0.6 is 0 Å². The van der Waals surface area contributed by atoms with Crippen molar-refractivity contribution in [1.82, 2.24) is 9.88 Å². The maximum absolute atomic E-state index is 12.8. The molecule has 0 aliphatic rings. The van der Waals surface area contributed by atoms with E-state index in [0.29, 0.717) is 0 Å². The largest absolute Gasteiger partial charge is 0.324 e. The first-order chi connectivity index (χ1) is 6.59. The van der Waals surface area contributed by atoms with Crippen molar-refractivity contribution in [3.8, 4) is 0 Å². The number of aromatic nitrogens is 1. The molecule has 0 aromatic carbocycles. The van der Waals surface area contributed by atoms with Gasteiger partial charge in [0.05, 0.1) is 6.20 Å². The van der Waals surface area contributed by atoms with E-state index < -0.39 is 0 Å². The van der Waals surface area contributed by atoms with Crippen LogP contribution in [0.4, 0.5) is 4.39 Å². The van der Waals surface area contributed by atoms with Gasteiger partial charge in [-0.25, -0.2) is 4.39 Å². The lowest BCUT2D eigenvalue weighted by Crippen LogP contribution is -2.20. The second-order valence-corrected chi connectivity index (χ2v) is 3.63. The van der Waals surface area contributed by atoms with Gasteiger partial charge >= 0.3 is 0 Å². The zero-order valence-corrected chi connectivity index (χ0v) is 8.57. The summed E-state index contributed by atoms with van der Waals surface area (Å²) >= 11 is 0. The average molecular weight is 197 g/mol. The van der Waals surface area contributed by atoms with E-state index in [4.69, 9.17) is 5.73 Å². The molecule has 14 heavy (non-hydrogen) atoms. The number of nitrogens with zero attached hydrogens (tertiary/aromatic N) is 2. The van der Waals surface area contributed by atoms with Crippen LogP contribution in [0, 0.1) is 5.82 Å². The van der Waals surface area contributed by atoms with Crippen LogP contribution < -0.4 is 5.73 Å². The highest BCUT2D eigenvalue weighted by molar-refractivity contribution is 5.14. The molecule has 1 heterocycles. The quantitative estimate of drug-likeness (QED) is 0.788. The van der Waals surface area contributed by atoms with Crippen molar-refractivity contribution in [2.24, 2.45) is 5.73 Å². The highest BCUT2D eigenvalue weighted by Crippen LogP contribution is 2.13. The summed E-state index contributed by atoms with van der Waals surface area (Å²) in [7, 11) is 3.97. The minimum atomic E-state index is -0.331. The molecule has 1 atom stereocenters. The summed E-state index contributed by atoms with van der Waals surface area (Å²) in [4.78, 5) is 5.81. The van der Waals surface area contributed by atoms with Gasteiger partial charge in [-0.2, -0.15) is 0 Å². The van der Waals surface area contributed by atoms with E-state index in [0.717, 1.165) is 18.5 Å². The first-order valence-electron chi connectivity index (χ1n) is 4.60. The van der Waals surface area contributed by atoms with Crippen LogP contribution in [0.15, 0.2) is 18.5 Å². The molecular weight excluding hydrogens is 181 g/mol. The Kier molecular flexibility index (Phi) is 3.98. The van der Waals surface area contributed by atoms with Gasteiger partial charge in [-0.05, 0) is 38.7 Å². The molecule has 0 radical (unpaired) electrons. The molecular formula is C10H16FN3. The highest BCUT2D eigenvalue weighted by atomic mass is 19.1. The predicted octanol–water partition coefficient (Wildman–Crippen LogP) is 1.17. The fourth-order valence-corrected chi connectivity index (χ4v) is 1.20. The molecule has 3 nitrogen and oxygen atoms in total. The van der Waals surface area contributed by atoms with Gasteiger partial charge in [-0.1, -0.05) is 0 Å². The lowest BCUT2D eigenvalue weighted by Gasteiger charge is -2.14. The van der Waals surface area contributed by atoms with Crippen molar-refractivity contribution in [3.63, 3.8) is 0 Å². The summed E-state index contributed by atoms with van der Waals surface area (Å²) in [5.74, 6) is -0.331. The molecule has 4 heteroatoms. The molecule has 0 amide bonds. The van der Waals surface area contributed by atoms with E-state index in [-0.39, 0.29) is 11.9 Å². The van der Waals surface area contributed by atoms with Crippen molar-refractivity contribution < 1.29 is 4.39 Å². The standard InChI is InChI=1S/C10H16FN3/c1-14(2)4-3-10(12)8-5-9(11)7-13-6-8/h5-7,10H,3-4,12H2,1-2H3. The molecule has 78 valence electrons. The van der Waals surface area contributed by atoms with E-state index in [1.807, 2.05) is 19.0 Å². The Morgan fingerprint density at radius 2 is 2.21 bits per heavy atom. The monoisotopic (exact) mass is 197 g/mol. The van der Waals surface area contributed by atoms with E-state index in [2.05, 4.69) is 4.98 Å². The maximum Gasteiger partial charge on any atom is 0.141 e. The summed E-state index contributed by atoms with van der Waals surface area (Å²) in [5.41, 5.74) is 6.64. The highest BCUT2D eigenvalue weighted by Gasteiger charge is 2.07. The second-order valence-electron chi connectivity index (χ2n) is 3.63. The molecule has 0 saturated carbocycles. The Labute approximate surface area is 83.7 Å². The summed E-state index contributed by atoms with van der Waals surface area (Å²) in [5, 5.41) is 0. The minimum Gasteiger partial charge on any atom is -0.324 e. The Morgan fingerprint density at radius 3 is 2.79 bits per heavy atom. The van der Waals surface area contributed by atoms with Crippen molar-refractivity contribution in [2.75, 3.05) is 20.6 Å². The van der Waals surface area contributed by atoms with Crippen molar-refractivity contribution in [2.45, 2.75) is 12.5 Å². The van der Waals surface area contributed by atoms with Crippen LogP contribution in [0.25, 0.3) is 0 Å². The third kappa shape index (κ3) is 3.40. The summed E-state index contributed by atoms with van der Waals surface area (Å²) in [6.45, 7) is 0.887. The fraction of sp³-hybridized carbons (Fsp3) is 0.500. The molecule has 0 saturated heterocycles. The van der Waals surface area contributed by atoms with E-state index in [1.54, 1.807) is 6.20 Å². The molecule has 1 aromatic heterocycles. The fourth-order valence-electron chi connectivity index (χ4n) is 1.20. The van der Waals surface area contributed by atoms with Gasteiger partial charge < -0.3 is 10.6 Å². The first-order valence-corrected chi connectivity index (χ1v) is 4.60. The van der Waals surface area contributed by atoms with Crippen LogP contribution in [-0.4, -0.2) is 30.5 Å². The van der Waals surface area contributed by atoms with Gasteiger partial charge in [0.1, 0.15) is 5.82 Å². The predicted molar refractivity (Wildman–Crippen MR) is 54.3 cm³/mol. The van der Waals surface area contributed by atoms with Crippen LogP contribution in [-0.2, 0) is 0 Å². The lowest BCUT2D eigenvalue weighted by atomic mass is 10.1. The van der Waals surface area contributed by atoms with Crippen LogP contribution in [0.5, 0.6) is 0 Å². The molecule has 1 rings (SSSR count). The summed E-state index contributed by atoms with van der Waals surface area (Å²) in [6.07, 6.45) is 3.60. The van der Waals surface area contributed by atoms with E-state index >= 15 is 0 Å². The van der Waals surface area contributed by atoms with Gasteiger partial charge in [0, 0.05) is 12.2 Å². The van der Waals surface area contributed by atoms with Gasteiger partial charge in [-0.3, -0.25) is 4.98 Å². The molecule has 2 N–H and O–H groups in total. The topological polar surface area (TPSA) is 42.1 Å². The van der Waals surface area contributed by atoms with Crippen LogP contribution in [0.3, 0.4) is 0 Å². The van der Waals surface area contributed by atoms with Crippen molar-refractivity contribution in [1.29, 1.82) is 0 Å². The van der Waals surface area contributed by atoms with Crippen molar-refractivity contribution >= 4 is 0 Å². The zero-order valence-electron chi connectivity index (χ0n) is 8.57. The average Bonchev–Trinajstić information content (AvgIpc) is 2.14. The van der Waals surface area contributed by atoms with E-state index in [1.165, 1.54) is 12.3 Å². The third-order valence-electron chi connectivity index (χ3n) is 2.04. The lowest BCUT2D eigenvalue weighted by molar-refractivity contribution is 0.382. The van der Waals surface area contributed by atoms with Crippen LogP contribution in [0.1, 0.15) is 18.0 Å². The normalized spacial score (nSPS) is 13.2. The SMILES string of the molecule is CN(C)CCC(N)c1cncc(F)c1. The minimum absolute atomic E-state index is 0.138. The zero-order chi connectivity index (χ0) is 10.6. The molecule has 0 aliphatic carbocycles. The number of nitrogens with two attached hydrogens (primary N) is 1. The third-order valence-corrected chi connectivity index (χ3v) is 2.04. The molecule has 0 fully saturated rings. The van der Waals surface area contributed by atoms with Gasteiger partial charge in [0.15, 0.2) is 0 Å². The summed E-state index contributed by atoms with van der Waals surface area (Å²) in [6, 6.07) is 1.30. The number of rotatable bonds is 4. The number of hydrogen-bond acceptors (Lipinski definition) is 3. The molecule has 0 spiro atoms. The van der Waals surface area contributed by atoms with Gasteiger partial charge in [0.25, 0.3) is 0 Å². The first kappa shape index (κ1) is 11.1. The molecule has 1 aromatic rings. The molecule has 0 aliphatic heterocycles. The smallest absolute Gasteiger partial charge is 0.141 e. The molecule has 1 unspecified atom stereocenters. The van der Waals surface area contributed by atoms with Crippen molar-refractivity contribution in [3.05, 3.63) is 29.8 Å². The number of pyridine rings is 1. The Hall–Kier alpha value is -1.00. The van der Waals surface area contributed by atoms with Gasteiger partial charge in [-0.15, -0.1) is 0 Å². The van der Waals surface area contributed by atoms with Gasteiger partial charge in [0.2, 0.25) is 0 Å².